The highest BCUT2D eigenvalue weighted by Gasteiger charge is 2.66. The highest BCUT2D eigenvalue weighted by atomic mass is 79.9. The van der Waals surface area contributed by atoms with Crippen LogP contribution in [0.5, 0.6) is 0 Å². The Morgan fingerprint density at radius 2 is 2.02 bits per heavy atom. The number of aliphatic hydroxyl groups is 1. The summed E-state index contributed by atoms with van der Waals surface area (Å²) in [7, 11) is -3.31. The number of aromatic nitrogens is 3. The average Bonchev–Trinajstić information content (AvgIpc) is 3.71. The molecule has 0 bridgehead atoms. The first-order valence-corrected chi connectivity index (χ1v) is 18.3. The third-order valence-corrected chi connectivity index (χ3v) is 11.8. The number of anilines is 2. The van der Waals surface area contributed by atoms with Crippen molar-refractivity contribution in [2.24, 2.45) is 5.92 Å². The van der Waals surface area contributed by atoms with Crippen molar-refractivity contribution in [2.75, 3.05) is 29.6 Å². The number of halogens is 2. The van der Waals surface area contributed by atoms with Crippen LogP contribution < -0.4 is 9.80 Å². The van der Waals surface area contributed by atoms with E-state index in [0.29, 0.717) is 43.9 Å². The van der Waals surface area contributed by atoms with Gasteiger partial charge < -0.3 is 23.6 Å². The lowest BCUT2D eigenvalue weighted by Crippen LogP contribution is -2.45. The highest BCUT2D eigenvalue weighted by molar-refractivity contribution is 9.10. The summed E-state index contributed by atoms with van der Waals surface area (Å²) in [4.78, 5) is 30.1. The fraction of sp³-hybridized carbons (Fsp3) is 0.467. The molecule has 3 aliphatic rings. The van der Waals surface area contributed by atoms with Gasteiger partial charge in [-0.3, -0.25) is 14.4 Å². The van der Waals surface area contributed by atoms with Gasteiger partial charge in [-0.1, -0.05) is 40.2 Å². The number of rotatable bonds is 9. The summed E-state index contributed by atoms with van der Waals surface area (Å²) in [5, 5.41) is 17.5. The minimum atomic E-state index is -3.31. The molecule has 43 heavy (non-hydrogen) atoms. The number of cyclic esters (lactones) is 1. The van der Waals surface area contributed by atoms with Crippen LogP contribution in [0.4, 0.5) is 20.3 Å². The van der Waals surface area contributed by atoms with E-state index >= 15 is 4.11 Å². The maximum absolute atomic E-state index is 16.1. The predicted octanol–water partition coefficient (Wildman–Crippen LogP) is 4.94. The van der Waals surface area contributed by atoms with Gasteiger partial charge in [0.05, 0.1) is 30.6 Å². The summed E-state index contributed by atoms with van der Waals surface area (Å²) in [6.45, 7) is 6.82. The van der Waals surface area contributed by atoms with Crippen molar-refractivity contribution in [3.05, 3.63) is 70.0 Å². The molecule has 0 radical (unpaired) electrons. The second-order valence-corrected chi connectivity index (χ2v) is 16.7. The van der Waals surface area contributed by atoms with Gasteiger partial charge in [-0.2, -0.15) is 0 Å². The number of aliphatic hydroxyl groups excluding tert-OH is 1. The topological polar surface area (TPSA) is 110 Å². The number of nitrogens with zero attached hydrogens (tertiary/aromatic N) is 5. The molecule has 0 unspecified atom stereocenters. The molecular weight excluding hydrogens is 637 g/mol. The van der Waals surface area contributed by atoms with E-state index < -0.39 is 31.6 Å². The zero-order valence-corrected chi connectivity index (χ0v) is 27.0. The van der Waals surface area contributed by atoms with E-state index in [9.17, 15) is 14.7 Å². The lowest BCUT2D eigenvalue weighted by Gasteiger charge is -2.31. The number of fused-ring (bicyclic) bond motifs is 2. The number of hydrogen-bond acceptors (Lipinski definition) is 7. The molecule has 13 heteroatoms. The van der Waals surface area contributed by atoms with Crippen molar-refractivity contribution in [1.29, 1.82) is 0 Å². The second-order valence-electron chi connectivity index (χ2n) is 12.0. The monoisotopic (exact) mass is 671 g/mol. The Morgan fingerprint density at radius 3 is 2.74 bits per heavy atom. The minimum Gasteiger partial charge on any atom is -0.447 e. The fourth-order valence-electron chi connectivity index (χ4n) is 7.02. The predicted molar refractivity (Wildman–Crippen MR) is 164 cm³/mol. The largest absolute Gasteiger partial charge is 0.447 e. The molecule has 1 aromatic heterocycles. The zero-order chi connectivity index (χ0) is 30.5. The van der Waals surface area contributed by atoms with Gasteiger partial charge >= 0.3 is 6.09 Å². The van der Waals surface area contributed by atoms with E-state index in [1.807, 2.05) is 49.4 Å². The Hall–Kier alpha value is -3.13. The van der Waals surface area contributed by atoms with E-state index in [4.69, 9.17) is 9.47 Å². The number of amides is 2. The molecule has 2 fully saturated rings. The first kappa shape index (κ1) is 29.9. The standard InChI is InChI=1S/C30H35BrFN5O5Si/c1-19-27(43(2,3)32)26(9-11-35-18-22(10-13-38)33-34-35)42-30(19)24-16-21(31)7-8-25(24)37(28(30)39)17-20-5-4-6-23(15-20)36-12-14-41-29(36)40/h4-8,15-16,18-19,26-27,38H,9-14,17H2,1-3H3/t19-,26+,27-,30+/m0/s1. The highest BCUT2D eigenvalue weighted by Crippen LogP contribution is 2.60. The average molecular weight is 673 g/mol. The molecule has 1 N–H and O–H groups in total. The van der Waals surface area contributed by atoms with Crippen LogP contribution in [0, 0.1) is 5.92 Å². The summed E-state index contributed by atoms with van der Waals surface area (Å²) in [5.74, 6) is -0.628. The fourth-order valence-corrected chi connectivity index (χ4v) is 9.92. The smallest absolute Gasteiger partial charge is 0.414 e. The van der Waals surface area contributed by atoms with Crippen LogP contribution >= 0.6 is 15.9 Å². The Morgan fingerprint density at radius 1 is 1.21 bits per heavy atom. The van der Waals surface area contributed by atoms with Gasteiger partial charge in [-0.15, -0.1) is 5.10 Å². The molecule has 2 amide bonds. The molecule has 0 saturated carbocycles. The maximum atomic E-state index is 16.1. The normalized spacial score (nSPS) is 25.2. The number of carbonyl (C=O) groups excluding carboxylic acids is 2. The third kappa shape index (κ3) is 5.30. The van der Waals surface area contributed by atoms with Crippen LogP contribution in [-0.4, -0.2) is 66.4 Å². The van der Waals surface area contributed by atoms with Crippen molar-refractivity contribution in [3.63, 3.8) is 0 Å². The van der Waals surface area contributed by atoms with E-state index in [-0.39, 0.29) is 25.2 Å². The van der Waals surface area contributed by atoms with Crippen molar-refractivity contribution in [1.82, 2.24) is 15.0 Å². The zero-order valence-electron chi connectivity index (χ0n) is 24.4. The summed E-state index contributed by atoms with van der Waals surface area (Å²) in [6.07, 6.45) is 1.76. The molecule has 10 nitrogen and oxygen atoms in total. The number of aryl methyl sites for hydroxylation is 1. The van der Waals surface area contributed by atoms with Crippen LogP contribution in [0.25, 0.3) is 0 Å². The number of benzene rings is 2. The summed E-state index contributed by atoms with van der Waals surface area (Å²) in [6, 6.07) is 13.3. The van der Waals surface area contributed by atoms with Gasteiger partial charge in [0.25, 0.3) is 5.91 Å². The van der Waals surface area contributed by atoms with Crippen LogP contribution in [-0.2, 0) is 39.4 Å². The van der Waals surface area contributed by atoms with Crippen LogP contribution in [0.2, 0.25) is 18.6 Å². The minimum absolute atomic E-state index is 0.0170. The SMILES string of the molecule is C[C@H]1[C@H]([Si](C)(C)F)[C@@H](CCn2cc(CCO)nn2)O[C@]12C(=O)N(Cc1cccc(N3CCOC3=O)c1)c1ccc(Br)cc12. The Labute approximate surface area is 259 Å². The summed E-state index contributed by atoms with van der Waals surface area (Å²) >= 11 is 3.58. The molecule has 4 heterocycles. The molecule has 228 valence electrons. The second kappa shape index (κ2) is 11.4. The van der Waals surface area contributed by atoms with E-state index in [0.717, 1.165) is 21.3 Å². The van der Waals surface area contributed by atoms with Crippen molar-refractivity contribution >= 4 is 47.7 Å². The van der Waals surface area contributed by atoms with Gasteiger partial charge in [-0.25, -0.2) is 4.79 Å². The number of hydrogen-bond donors (Lipinski definition) is 1. The molecular formula is C30H35BrFN5O5Si. The van der Waals surface area contributed by atoms with Crippen molar-refractivity contribution in [2.45, 2.75) is 63.2 Å². The third-order valence-electron chi connectivity index (χ3n) is 8.84. The van der Waals surface area contributed by atoms with Crippen LogP contribution in [0.15, 0.2) is 53.1 Å². The van der Waals surface area contributed by atoms with Crippen LogP contribution in [0.1, 0.15) is 30.2 Å². The van der Waals surface area contributed by atoms with Crippen molar-refractivity contribution in [3.8, 4) is 0 Å². The molecule has 3 aromatic rings. The first-order chi connectivity index (χ1) is 20.5. The number of carbonyl (C=O) groups is 2. The Kier molecular flexibility index (Phi) is 7.94. The van der Waals surface area contributed by atoms with E-state index in [1.165, 1.54) is 0 Å². The van der Waals surface area contributed by atoms with Gasteiger partial charge in [0.2, 0.25) is 8.41 Å². The van der Waals surface area contributed by atoms with E-state index in [1.54, 1.807) is 33.8 Å². The molecule has 0 aliphatic carbocycles. The van der Waals surface area contributed by atoms with Gasteiger partial charge in [-0.05, 0) is 55.4 Å². The van der Waals surface area contributed by atoms with E-state index in [2.05, 4.69) is 26.2 Å². The molecule has 4 atom stereocenters. The quantitative estimate of drug-likeness (QED) is 0.253. The Bertz CT molecular complexity index is 1550. The molecule has 6 rings (SSSR count). The summed E-state index contributed by atoms with van der Waals surface area (Å²) < 4.78 is 30.6. The molecule has 2 saturated heterocycles. The molecule has 1 spiro atoms. The number of ether oxygens (including phenoxy) is 2. The summed E-state index contributed by atoms with van der Waals surface area (Å²) in [5.41, 5.74) is 1.93. The van der Waals surface area contributed by atoms with Gasteiger partial charge in [0.1, 0.15) is 6.61 Å². The van der Waals surface area contributed by atoms with Crippen LogP contribution in [0.3, 0.4) is 0 Å². The first-order valence-electron chi connectivity index (χ1n) is 14.5. The molecule has 3 aliphatic heterocycles. The lowest BCUT2D eigenvalue weighted by molar-refractivity contribution is -0.146. The lowest BCUT2D eigenvalue weighted by atomic mass is 9.82. The Balaban J connectivity index is 1.33. The van der Waals surface area contributed by atoms with Crippen molar-refractivity contribution < 1.29 is 28.3 Å². The maximum Gasteiger partial charge on any atom is 0.414 e. The van der Waals surface area contributed by atoms with Gasteiger partial charge in [0.15, 0.2) is 5.60 Å². The molecule has 2 aromatic carbocycles. The van der Waals surface area contributed by atoms with Gasteiger partial charge in [0, 0.05) is 53.0 Å².